The van der Waals surface area contributed by atoms with Gasteiger partial charge in [-0.1, -0.05) is 18.2 Å². The van der Waals surface area contributed by atoms with Crippen LogP contribution in [0.25, 0.3) is 10.9 Å². The van der Waals surface area contributed by atoms with Crippen LogP contribution in [0.4, 0.5) is 0 Å². The van der Waals surface area contributed by atoms with Crippen LogP contribution >= 0.6 is 0 Å². The highest BCUT2D eigenvalue weighted by Gasteiger charge is 2.27. The first-order valence-corrected chi connectivity index (χ1v) is 5.97. The highest BCUT2D eigenvalue weighted by Crippen LogP contribution is 2.18. The maximum absolute atomic E-state index is 12.3. The Labute approximate surface area is 110 Å². The van der Waals surface area contributed by atoms with Crippen LogP contribution in [-0.4, -0.2) is 44.7 Å². The molecule has 0 aliphatic rings. The number of aryl methyl sites for hydroxylation is 1. The van der Waals surface area contributed by atoms with Crippen molar-refractivity contribution in [1.29, 1.82) is 0 Å². The smallest absolute Gasteiger partial charge is 0.270 e. The maximum atomic E-state index is 12.3. The Morgan fingerprint density at radius 3 is 2.63 bits per heavy atom. The van der Waals surface area contributed by atoms with E-state index in [4.69, 9.17) is 0 Å². The predicted molar refractivity (Wildman–Crippen MR) is 70.8 cm³/mol. The number of aliphatic hydroxyl groups is 2. The van der Waals surface area contributed by atoms with E-state index >= 15 is 0 Å². The monoisotopic (exact) mass is 263 g/mol. The van der Waals surface area contributed by atoms with Crippen molar-refractivity contribution in [1.82, 2.24) is 15.1 Å². The van der Waals surface area contributed by atoms with Gasteiger partial charge in [-0.05, 0) is 13.0 Å². The molecule has 0 fully saturated rings. The van der Waals surface area contributed by atoms with Gasteiger partial charge in [-0.3, -0.25) is 9.48 Å². The third-order valence-electron chi connectivity index (χ3n) is 3.07. The van der Waals surface area contributed by atoms with Crippen LogP contribution in [-0.2, 0) is 7.05 Å². The number of amides is 1. The van der Waals surface area contributed by atoms with Gasteiger partial charge in [0.1, 0.15) is 5.69 Å². The Morgan fingerprint density at radius 2 is 2.00 bits per heavy atom. The summed E-state index contributed by atoms with van der Waals surface area (Å²) in [4.78, 5) is 12.3. The highest BCUT2D eigenvalue weighted by molar-refractivity contribution is 6.05. The molecule has 2 aromatic rings. The molecule has 0 saturated carbocycles. The number of carbonyl (C=O) groups is 1. The number of rotatable bonds is 4. The molecule has 0 aliphatic heterocycles. The van der Waals surface area contributed by atoms with Crippen LogP contribution in [0.3, 0.4) is 0 Å². The first kappa shape index (κ1) is 13.5. The Hall–Kier alpha value is -1.92. The van der Waals surface area contributed by atoms with Crippen molar-refractivity contribution in [2.75, 3.05) is 13.2 Å². The van der Waals surface area contributed by atoms with Crippen molar-refractivity contribution < 1.29 is 15.0 Å². The molecule has 0 bridgehead atoms. The van der Waals surface area contributed by atoms with Crippen molar-refractivity contribution in [3.05, 3.63) is 30.0 Å². The number of aromatic nitrogens is 2. The molecule has 0 spiro atoms. The summed E-state index contributed by atoms with van der Waals surface area (Å²) in [5.74, 6) is -0.373. The summed E-state index contributed by atoms with van der Waals surface area (Å²) >= 11 is 0. The zero-order chi connectivity index (χ0) is 14.0. The van der Waals surface area contributed by atoms with Gasteiger partial charge in [0.05, 0.1) is 24.3 Å². The zero-order valence-corrected chi connectivity index (χ0v) is 10.9. The van der Waals surface area contributed by atoms with Crippen LogP contribution in [0.1, 0.15) is 17.4 Å². The van der Waals surface area contributed by atoms with E-state index in [1.807, 2.05) is 24.3 Å². The second-order valence-electron chi connectivity index (χ2n) is 4.82. The average molecular weight is 263 g/mol. The number of nitrogens with zero attached hydrogens (tertiary/aromatic N) is 2. The molecule has 6 nitrogen and oxygen atoms in total. The van der Waals surface area contributed by atoms with Gasteiger partial charge in [0.2, 0.25) is 0 Å². The molecule has 0 atom stereocenters. The fourth-order valence-electron chi connectivity index (χ4n) is 1.88. The standard InChI is InChI=1S/C13H17N3O3/c1-13(7-17,8-18)14-12(19)11-9-5-3-4-6-10(9)15-16(11)2/h3-6,17-18H,7-8H2,1-2H3,(H,14,19). The molecule has 0 aliphatic carbocycles. The van der Waals surface area contributed by atoms with Crippen LogP contribution in [0.15, 0.2) is 24.3 Å². The Kier molecular flexibility index (Phi) is 3.55. The molecular weight excluding hydrogens is 246 g/mol. The van der Waals surface area contributed by atoms with Gasteiger partial charge in [-0.15, -0.1) is 0 Å². The summed E-state index contributed by atoms with van der Waals surface area (Å²) in [6.45, 7) is 0.888. The summed E-state index contributed by atoms with van der Waals surface area (Å²) in [6.07, 6.45) is 0. The van der Waals surface area contributed by atoms with E-state index in [9.17, 15) is 15.0 Å². The SMILES string of the molecule is Cn1nc2ccccc2c1C(=O)NC(C)(CO)CO. The van der Waals surface area contributed by atoms with Gasteiger partial charge in [-0.25, -0.2) is 0 Å². The number of benzene rings is 1. The van der Waals surface area contributed by atoms with Crippen molar-refractivity contribution in [3.8, 4) is 0 Å². The normalized spacial score (nSPS) is 11.8. The third-order valence-corrected chi connectivity index (χ3v) is 3.07. The molecule has 2 rings (SSSR count). The Bertz CT molecular complexity index is 602. The van der Waals surface area contributed by atoms with Gasteiger partial charge < -0.3 is 15.5 Å². The molecule has 1 aromatic carbocycles. The molecule has 102 valence electrons. The van der Waals surface area contributed by atoms with Crippen LogP contribution in [0.2, 0.25) is 0 Å². The lowest BCUT2D eigenvalue weighted by molar-refractivity contribution is 0.0717. The average Bonchev–Trinajstić information content (AvgIpc) is 2.74. The molecule has 1 amide bonds. The van der Waals surface area contributed by atoms with E-state index < -0.39 is 5.54 Å². The number of carbonyl (C=O) groups excluding carboxylic acids is 1. The number of aliphatic hydroxyl groups excluding tert-OH is 2. The third kappa shape index (κ3) is 2.45. The predicted octanol–water partition coefficient (Wildman–Crippen LogP) is 0.0464. The number of nitrogens with one attached hydrogen (secondary N) is 1. The highest BCUT2D eigenvalue weighted by atomic mass is 16.3. The van der Waals surface area contributed by atoms with Crippen LogP contribution in [0, 0.1) is 0 Å². The van der Waals surface area contributed by atoms with Crippen molar-refractivity contribution in [2.24, 2.45) is 7.05 Å². The van der Waals surface area contributed by atoms with E-state index in [1.165, 1.54) is 4.68 Å². The lowest BCUT2D eigenvalue weighted by Gasteiger charge is -2.26. The molecule has 1 heterocycles. The van der Waals surface area contributed by atoms with Gasteiger partial charge in [0.25, 0.3) is 5.91 Å². The summed E-state index contributed by atoms with van der Waals surface area (Å²) in [5.41, 5.74) is 0.0798. The van der Waals surface area contributed by atoms with Crippen LogP contribution < -0.4 is 5.32 Å². The van der Waals surface area contributed by atoms with E-state index in [-0.39, 0.29) is 19.1 Å². The quantitative estimate of drug-likeness (QED) is 0.727. The zero-order valence-electron chi connectivity index (χ0n) is 10.9. The molecular formula is C13H17N3O3. The largest absolute Gasteiger partial charge is 0.394 e. The van der Waals surface area contributed by atoms with Gasteiger partial charge >= 0.3 is 0 Å². The summed E-state index contributed by atoms with van der Waals surface area (Å²) in [7, 11) is 1.68. The molecule has 3 N–H and O–H groups in total. The Morgan fingerprint density at radius 1 is 1.37 bits per heavy atom. The van der Waals surface area contributed by atoms with E-state index in [0.717, 1.165) is 10.9 Å². The van der Waals surface area contributed by atoms with Gasteiger partial charge in [0.15, 0.2) is 0 Å². The molecule has 0 saturated heterocycles. The summed E-state index contributed by atoms with van der Waals surface area (Å²) < 4.78 is 1.50. The first-order chi connectivity index (χ1) is 9.00. The second-order valence-corrected chi connectivity index (χ2v) is 4.82. The lowest BCUT2D eigenvalue weighted by Crippen LogP contribution is -2.52. The van der Waals surface area contributed by atoms with Crippen LogP contribution in [0.5, 0.6) is 0 Å². The minimum Gasteiger partial charge on any atom is -0.394 e. The minimum absolute atomic E-state index is 0.342. The van der Waals surface area contributed by atoms with Gasteiger partial charge in [-0.2, -0.15) is 5.10 Å². The van der Waals surface area contributed by atoms with E-state index in [0.29, 0.717) is 5.69 Å². The van der Waals surface area contributed by atoms with Crippen molar-refractivity contribution >= 4 is 16.8 Å². The van der Waals surface area contributed by atoms with Crippen molar-refractivity contribution in [2.45, 2.75) is 12.5 Å². The minimum atomic E-state index is -1.05. The Balaban J connectivity index is 2.39. The van der Waals surface area contributed by atoms with E-state index in [2.05, 4.69) is 10.4 Å². The molecule has 1 aromatic heterocycles. The maximum Gasteiger partial charge on any atom is 0.270 e. The topological polar surface area (TPSA) is 87.4 Å². The number of hydrogen-bond acceptors (Lipinski definition) is 4. The first-order valence-electron chi connectivity index (χ1n) is 5.97. The molecule has 0 unspecified atom stereocenters. The molecule has 19 heavy (non-hydrogen) atoms. The van der Waals surface area contributed by atoms with Gasteiger partial charge in [0, 0.05) is 12.4 Å². The van der Waals surface area contributed by atoms with E-state index in [1.54, 1.807) is 14.0 Å². The fraction of sp³-hybridized carbons (Fsp3) is 0.385. The van der Waals surface area contributed by atoms with Crippen molar-refractivity contribution in [3.63, 3.8) is 0 Å². The number of hydrogen-bond donors (Lipinski definition) is 3. The summed E-state index contributed by atoms with van der Waals surface area (Å²) in [5, 5.41) is 26.0. The fourth-order valence-corrected chi connectivity index (χ4v) is 1.88. The second kappa shape index (κ2) is 4.99. The summed E-state index contributed by atoms with van der Waals surface area (Å²) in [6, 6.07) is 7.32. The lowest BCUT2D eigenvalue weighted by atomic mass is 10.0. The number of fused-ring (bicyclic) bond motifs is 1. The molecule has 6 heteroatoms. The molecule has 0 radical (unpaired) electrons.